The second kappa shape index (κ2) is 6.41. The monoisotopic (exact) mass is 301 g/mol. The van der Waals surface area contributed by atoms with E-state index in [0.717, 1.165) is 23.8 Å². The van der Waals surface area contributed by atoms with Gasteiger partial charge in [-0.2, -0.15) is 0 Å². The van der Waals surface area contributed by atoms with E-state index in [2.05, 4.69) is 35.6 Å². The van der Waals surface area contributed by atoms with Gasteiger partial charge in [0.1, 0.15) is 0 Å². The Labute approximate surface area is 129 Å². The molecule has 0 radical (unpaired) electrons. The lowest BCUT2D eigenvalue weighted by Crippen LogP contribution is -2.20. The molecule has 1 unspecified atom stereocenters. The number of thioether (sulfide) groups is 1. The van der Waals surface area contributed by atoms with Gasteiger partial charge in [0.2, 0.25) is 0 Å². The molecule has 4 heteroatoms. The maximum absolute atomic E-state index is 5.35. The Morgan fingerprint density at radius 3 is 2.71 bits per heavy atom. The molecule has 3 rings (SSSR count). The molecular weight excluding hydrogens is 282 g/mol. The standard InChI is InChI=1S/C17H19NO2S/c1-19-15-8-7-12(9-16(15)20-2)10-18-14-11-21-17-6-4-3-5-13(14)17/h3-9,14,18H,10-11H2,1-2H3. The highest BCUT2D eigenvalue weighted by Crippen LogP contribution is 2.38. The maximum Gasteiger partial charge on any atom is 0.161 e. The third kappa shape index (κ3) is 3.01. The van der Waals surface area contributed by atoms with Crippen molar-refractivity contribution in [2.24, 2.45) is 0 Å². The summed E-state index contributed by atoms with van der Waals surface area (Å²) < 4.78 is 10.6. The zero-order valence-electron chi connectivity index (χ0n) is 12.3. The van der Waals surface area contributed by atoms with Crippen molar-refractivity contribution in [2.45, 2.75) is 17.5 Å². The topological polar surface area (TPSA) is 30.5 Å². The van der Waals surface area contributed by atoms with Crippen molar-refractivity contribution >= 4 is 11.8 Å². The number of hydrogen-bond donors (Lipinski definition) is 1. The average Bonchev–Trinajstić information content (AvgIpc) is 2.96. The van der Waals surface area contributed by atoms with Crippen molar-refractivity contribution in [3.63, 3.8) is 0 Å². The van der Waals surface area contributed by atoms with Crippen LogP contribution >= 0.6 is 11.8 Å². The average molecular weight is 301 g/mol. The maximum atomic E-state index is 5.35. The molecular formula is C17H19NO2S. The first-order chi connectivity index (χ1) is 10.3. The molecule has 3 nitrogen and oxygen atoms in total. The molecule has 2 aromatic carbocycles. The summed E-state index contributed by atoms with van der Waals surface area (Å²) >= 11 is 1.92. The minimum Gasteiger partial charge on any atom is -0.493 e. The quantitative estimate of drug-likeness (QED) is 0.913. The van der Waals surface area contributed by atoms with Crippen LogP contribution in [0.25, 0.3) is 0 Å². The number of fused-ring (bicyclic) bond motifs is 1. The molecule has 0 bridgehead atoms. The van der Waals surface area contributed by atoms with Crippen LogP contribution in [0.5, 0.6) is 11.5 Å². The van der Waals surface area contributed by atoms with Crippen molar-refractivity contribution in [3.05, 3.63) is 53.6 Å². The Hall–Kier alpha value is -1.65. The van der Waals surface area contributed by atoms with E-state index in [1.54, 1.807) is 14.2 Å². The van der Waals surface area contributed by atoms with Crippen LogP contribution in [0, 0.1) is 0 Å². The minimum absolute atomic E-state index is 0.416. The third-order valence-corrected chi connectivity index (χ3v) is 4.88. The van der Waals surface area contributed by atoms with E-state index in [9.17, 15) is 0 Å². The minimum atomic E-state index is 0.416. The lowest BCUT2D eigenvalue weighted by Gasteiger charge is -2.14. The van der Waals surface area contributed by atoms with Gasteiger partial charge in [0, 0.05) is 23.2 Å². The van der Waals surface area contributed by atoms with E-state index in [1.165, 1.54) is 16.0 Å². The predicted octanol–water partition coefficient (Wildman–Crippen LogP) is 3.64. The number of hydrogen-bond acceptors (Lipinski definition) is 4. The number of rotatable bonds is 5. The van der Waals surface area contributed by atoms with Crippen LogP contribution in [-0.2, 0) is 6.54 Å². The fraction of sp³-hybridized carbons (Fsp3) is 0.294. The summed E-state index contributed by atoms with van der Waals surface area (Å²) in [6.45, 7) is 0.819. The second-order valence-electron chi connectivity index (χ2n) is 4.97. The summed E-state index contributed by atoms with van der Waals surface area (Å²) in [6.07, 6.45) is 0. The van der Waals surface area contributed by atoms with Gasteiger partial charge in [-0.25, -0.2) is 0 Å². The molecule has 1 atom stereocenters. The summed E-state index contributed by atoms with van der Waals surface area (Å²) in [5.41, 5.74) is 2.60. The third-order valence-electron chi connectivity index (χ3n) is 3.70. The number of nitrogens with one attached hydrogen (secondary N) is 1. The molecule has 0 aromatic heterocycles. The highest BCUT2D eigenvalue weighted by atomic mass is 32.2. The van der Waals surface area contributed by atoms with Crippen molar-refractivity contribution in [2.75, 3.05) is 20.0 Å². The Kier molecular flexibility index (Phi) is 4.36. The van der Waals surface area contributed by atoms with Crippen molar-refractivity contribution < 1.29 is 9.47 Å². The van der Waals surface area contributed by atoms with Crippen LogP contribution < -0.4 is 14.8 Å². The van der Waals surface area contributed by atoms with Crippen LogP contribution in [0.3, 0.4) is 0 Å². The Morgan fingerprint density at radius 2 is 1.90 bits per heavy atom. The Balaban J connectivity index is 1.69. The Bertz CT molecular complexity index is 630. The van der Waals surface area contributed by atoms with Crippen LogP contribution in [0.2, 0.25) is 0 Å². The van der Waals surface area contributed by atoms with Crippen LogP contribution in [0.1, 0.15) is 17.2 Å². The number of ether oxygens (including phenoxy) is 2. The molecule has 2 aromatic rings. The van der Waals surface area contributed by atoms with Gasteiger partial charge in [-0.05, 0) is 29.3 Å². The van der Waals surface area contributed by atoms with E-state index in [4.69, 9.17) is 9.47 Å². The summed E-state index contributed by atoms with van der Waals surface area (Å²) in [6, 6.07) is 15.1. The second-order valence-corrected chi connectivity index (χ2v) is 6.03. The summed E-state index contributed by atoms with van der Waals surface area (Å²) in [5.74, 6) is 2.63. The van der Waals surface area contributed by atoms with Gasteiger partial charge in [-0.3, -0.25) is 0 Å². The highest BCUT2D eigenvalue weighted by molar-refractivity contribution is 7.99. The van der Waals surface area contributed by atoms with Gasteiger partial charge in [0.25, 0.3) is 0 Å². The number of methoxy groups -OCH3 is 2. The molecule has 21 heavy (non-hydrogen) atoms. The molecule has 0 aliphatic carbocycles. The molecule has 1 heterocycles. The first-order valence-corrected chi connectivity index (χ1v) is 7.96. The number of benzene rings is 2. The van der Waals surface area contributed by atoms with Gasteiger partial charge in [-0.15, -0.1) is 11.8 Å². The Morgan fingerprint density at radius 1 is 1.10 bits per heavy atom. The molecule has 0 spiro atoms. The molecule has 1 aliphatic rings. The highest BCUT2D eigenvalue weighted by Gasteiger charge is 2.21. The van der Waals surface area contributed by atoms with E-state index in [0.29, 0.717) is 6.04 Å². The van der Waals surface area contributed by atoms with Crippen molar-refractivity contribution in [1.29, 1.82) is 0 Å². The fourth-order valence-corrected chi connectivity index (χ4v) is 3.76. The smallest absolute Gasteiger partial charge is 0.161 e. The van der Waals surface area contributed by atoms with Crippen molar-refractivity contribution in [3.8, 4) is 11.5 Å². The van der Waals surface area contributed by atoms with Crippen molar-refractivity contribution in [1.82, 2.24) is 5.32 Å². The SMILES string of the molecule is COc1ccc(CNC2CSc3ccccc32)cc1OC. The molecule has 0 saturated carbocycles. The normalized spacial score (nSPS) is 16.6. The van der Waals surface area contributed by atoms with Gasteiger partial charge in [0.05, 0.1) is 14.2 Å². The predicted molar refractivity (Wildman–Crippen MR) is 86.3 cm³/mol. The largest absolute Gasteiger partial charge is 0.493 e. The van der Waals surface area contributed by atoms with Gasteiger partial charge in [-0.1, -0.05) is 24.3 Å². The lowest BCUT2D eigenvalue weighted by molar-refractivity contribution is 0.354. The molecule has 0 saturated heterocycles. The fourth-order valence-electron chi connectivity index (χ4n) is 2.56. The van der Waals surface area contributed by atoms with E-state index < -0.39 is 0 Å². The summed E-state index contributed by atoms with van der Waals surface area (Å²) in [7, 11) is 3.32. The van der Waals surface area contributed by atoms with E-state index >= 15 is 0 Å². The van der Waals surface area contributed by atoms with Gasteiger partial charge in [0.15, 0.2) is 11.5 Å². The van der Waals surface area contributed by atoms with Gasteiger partial charge < -0.3 is 14.8 Å². The lowest BCUT2D eigenvalue weighted by atomic mass is 10.1. The van der Waals surface area contributed by atoms with E-state index in [-0.39, 0.29) is 0 Å². The first-order valence-electron chi connectivity index (χ1n) is 6.98. The molecule has 1 N–H and O–H groups in total. The first kappa shape index (κ1) is 14.3. The van der Waals surface area contributed by atoms with E-state index in [1.807, 2.05) is 23.9 Å². The molecule has 0 amide bonds. The molecule has 1 aliphatic heterocycles. The van der Waals surface area contributed by atoms with Gasteiger partial charge >= 0.3 is 0 Å². The molecule has 110 valence electrons. The zero-order chi connectivity index (χ0) is 14.7. The van der Waals surface area contributed by atoms with Crippen LogP contribution in [-0.4, -0.2) is 20.0 Å². The summed E-state index contributed by atoms with van der Waals surface area (Å²) in [5, 5.41) is 3.63. The summed E-state index contributed by atoms with van der Waals surface area (Å²) in [4.78, 5) is 1.39. The van der Waals surface area contributed by atoms with Crippen LogP contribution in [0.15, 0.2) is 47.4 Å². The zero-order valence-corrected chi connectivity index (χ0v) is 13.1. The molecule has 0 fully saturated rings. The van der Waals surface area contributed by atoms with Crippen LogP contribution in [0.4, 0.5) is 0 Å².